The number of nitrogens with one attached hydrogen (secondary N) is 1. The van der Waals surface area contributed by atoms with Crippen molar-refractivity contribution in [3.8, 4) is 0 Å². The molecule has 0 atom stereocenters. The van der Waals surface area contributed by atoms with Crippen LogP contribution in [0, 0.1) is 19.8 Å². The highest BCUT2D eigenvalue weighted by Crippen LogP contribution is 2.19. The molecule has 1 N–H and O–H groups in total. The molecule has 4 nitrogen and oxygen atoms in total. The summed E-state index contributed by atoms with van der Waals surface area (Å²) in [6.07, 6.45) is 2.40. The predicted octanol–water partition coefficient (Wildman–Crippen LogP) is 4.06. The summed E-state index contributed by atoms with van der Waals surface area (Å²) in [5.41, 5.74) is 3.89. The number of amides is 1. The number of benzene rings is 1. The van der Waals surface area contributed by atoms with Crippen LogP contribution in [0.2, 0.25) is 0 Å². The Kier molecular flexibility index (Phi) is 5.88. The van der Waals surface area contributed by atoms with E-state index in [1.54, 1.807) is 11.8 Å². The normalized spacial score (nSPS) is 11.0. The van der Waals surface area contributed by atoms with Gasteiger partial charge in [0.2, 0.25) is 5.91 Å². The molecule has 2 rings (SSSR count). The van der Waals surface area contributed by atoms with Crippen molar-refractivity contribution in [2.75, 3.05) is 11.6 Å². The van der Waals surface area contributed by atoms with Gasteiger partial charge >= 0.3 is 0 Å². The van der Waals surface area contributed by atoms with Crippen LogP contribution < -0.4 is 5.32 Å². The van der Waals surface area contributed by atoms with Crippen molar-refractivity contribution in [1.82, 2.24) is 9.78 Å². The molecule has 0 bridgehead atoms. The van der Waals surface area contributed by atoms with E-state index in [2.05, 4.69) is 24.3 Å². The zero-order valence-electron chi connectivity index (χ0n) is 14.5. The number of anilines is 1. The van der Waals surface area contributed by atoms with Crippen molar-refractivity contribution in [3.63, 3.8) is 0 Å². The van der Waals surface area contributed by atoms with Crippen molar-refractivity contribution in [1.29, 1.82) is 0 Å². The average Bonchev–Trinajstić information content (AvgIpc) is 2.75. The molecule has 2 aromatic rings. The van der Waals surface area contributed by atoms with E-state index in [9.17, 15) is 4.79 Å². The van der Waals surface area contributed by atoms with E-state index in [0.29, 0.717) is 12.3 Å². The lowest BCUT2D eigenvalue weighted by Crippen LogP contribution is -2.15. The zero-order chi connectivity index (χ0) is 17.0. The molecule has 124 valence electrons. The second-order valence-corrected chi connectivity index (χ2v) is 7.06. The molecule has 1 amide bonds. The molecule has 0 aliphatic carbocycles. The smallest absolute Gasteiger partial charge is 0.228 e. The van der Waals surface area contributed by atoms with Crippen LogP contribution in [-0.2, 0) is 17.8 Å². The van der Waals surface area contributed by atoms with Crippen molar-refractivity contribution in [3.05, 3.63) is 41.2 Å². The maximum absolute atomic E-state index is 12.3. The molecule has 0 spiro atoms. The summed E-state index contributed by atoms with van der Waals surface area (Å²) in [6, 6.07) is 7.89. The van der Waals surface area contributed by atoms with Gasteiger partial charge in [0.25, 0.3) is 0 Å². The van der Waals surface area contributed by atoms with Crippen molar-refractivity contribution in [2.24, 2.45) is 5.92 Å². The number of hydrogen-bond donors (Lipinski definition) is 1. The second-order valence-electron chi connectivity index (χ2n) is 6.18. The zero-order valence-corrected chi connectivity index (χ0v) is 15.3. The molecular weight excluding hydrogens is 306 g/mol. The fraction of sp³-hybridized carbons (Fsp3) is 0.444. The molecule has 0 radical (unpaired) electrons. The number of aromatic nitrogens is 2. The molecular formula is C18H25N3OS. The number of carbonyl (C=O) groups excluding carboxylic acids is 1. The van der Waals surface area contributed by atoms with Gasteiger partial charge in [0.1, 0.15) is 0 Å². The summed E-state index contributed by atoms with van der Waals surface area (Å²) in [4.78, 5) is 13.5. The van der Waals surface area contributed by atoms with Crippen LogP contribution >= 0.6 is 11.8 Å². The average molecular weight is 331 g/mol. The van der Waals surface area contributed by atoms with E-state index in [1.165, 1.54) is 4.90 Å². The maximum atomic E-state index is 12.3. The minimum absolute atomic E-state index is 0.00259. The molecule has 0 aliphatic rings. The van der Waals surface area contributed by atoms with E-state index < -0.39 is 0 Å². The third kappa shape index (κ3) is 4.61. The topological polar surface area (TPSA) is 46.9 Å². The summed E-state index contributed by atoms with van der Waals surface area (Å²) in [5.74, 6) is 0.529. The Balaban J connectivity index is 2.06. The highest BCUT2D eigenvalue weighted by atomic mass is 32.2. The van der Waals surface area contributed by atoms with Gasteiger partial charge in [-0.25, -0.2) is 0 Å². The van der Waals surface area contributed by atoms with Crippen LogP contribution in [0.15, 0.2) is 29.2 Å². The van der Waals surface area contributed by atoms with Gasteiger partial charge in [-0.05, 0) is 50.3 Å². The lowest BCUT2D eigenvalue weighted by atomic mass is 10.1. The molecule has 23 heavy (non-hydrogen) atoms. The summed E-state index contributed by atoms with van der Waals surface area (Å²) >= 11 is 1.69. The van der Waals surface area contributed by atoms with E-state index in [4.69, 9.17) is 0 Å². The molecule has 0 fully saturated rings. The largest absolute Gasteiger partial charge is 0.326 e. The van der Waals surface area contributed by atoms with Gasteiger partial charge in [-0.2, -0.15) is 5.10 Å². The number of carbonyl (C=O) groups is 1. The Morgan fingerprint density at radius 1 is 1.26 bits per heavy atom. The Morgan fingerprint density at radius 2 is 1.91 bits per heavy atom. The van der Waals surface area contributed by atoms with Gasteiger partial charge in [-0.1, -0.05) is 13.8 Å². The quantitative estimate of drug-likeness (QED) is 0.812. The molecule has 1 aromatic heterocycles. The first-order chi connectivity index (χ1) is 10.9. The lowest BCUT2D eigenvalue weighted by molar-refractivity contribution is -0.115. The lowest BCUT2D eigenvalue weighted by Gasteiger charge is -2.08. The molecule has 0 saturated heterocycles. The first kappa shape index (κ1) is 17.6. The first-order valence-corrected chi connectivity index (χ1v) is 9.10. The van der Waals surface area contributed by atoms with Crippen LogP contribution in [0.4, 0.5) is 5.69 Å². The summed E-state index contributed by atoms with van der Waals surface area (Å²) < 4.78 is 2.01. The highest BCUT2D eigenvalue weighted by molar-refractivity contribution is 7.98. The minimum Gasteiger partial charge on any atom is -0.326 e. The number of thioether (sulfide) groups is 1. The van der Waals surface area contributed by atoms with Crippen LogP contribution in [0.5, 0.6) is 0 Å². The van der Waals surface area contributed by atoms with E-state index in [-0.39, 0.29) is 5.91 Å². The monoisotopic (exact) mass is 331 g/mol. The van der Waals surface area contributed by atoms with Crippen LogP contribution in [0.25, 0.3) is 0 Å². The van der Waals surface area contributed by atoms with Crippen LogP contribution in [0.3, 0.4) is 0 Å². The minimum atomic E-state index is -0.00259. The second kappa shape index (κ2) is 7.68. The molecule has 0 aliphatic heterocycles. The maximum Gasteiger partial charge on any atom is 0.228 e. The first-order valence-electron chi connectivity index (χ1n) is 7.87. The third-order valence-corrected chi connectivity index (χ3v) is 4.52. The number of aryl methyl sites for hydroxylation is 1. The SMILES string of the molecule is CSc1ccc(NC(=O)Cc2c(C)nn(CC(C)C)c2C)cc1. The Bertz CT molecular complexity index is 674. The van der Waals surface area contributed by atoms with Crippen LogP contribution in [-0.4, -0.2) is 21.9 Å². The van der Waals surface area contributed by atoms with E-state index >= 15 is 0 Å². The van der Waals surface area contributed by atoms with Gasteiger partial charge < -0.3 is 5.32 Å². The standard InChI is InChI=1S/C18H25N3OS/c1-12(2)11-21-14(4)17(13(3)20-21)10-18(22)19-15-6-8-16(23-5)9-7-15/h6-9,12H,10-11H2,1-5H3,(H,19,22). The van der Waals surface area contributed by atoms with Crippen molar-refractivity contribution >= 4 is 23.4 Å². The van der Waals surface area contributed by atoms with Crippen molar-refractivity contribution < 1.29 is 4.79 Å². The fourth-order valence-corrected chi connectivity index (χ4v) is 2.96. The van der Waals surface area contributed by atoms with E-state index in [0.717, 1.165) is 29.2 Å². The Morgan fingerprint density at radius 3 is 2.48 bits per heavy atom. The number of nitrogens with zero attached hydrogens (tertiary/aromatic N) is 2. The van der Waals surface area contributed by atoms with Gasteiger partial charge in [-0.15, -0.1) is 11.8 Å². The van der Waals surface area contributed by atoms with Crippen molar-refractivity contribution in [2.45, 2.75) is 45.6 Å². The summed E-state index contributed by atoms with van der Waals surface area (Å²) in [7, 11) is 0. The number of rotatable bonds is 6. The Hall–Kier alpha value is -1.75. The molecule has 1 aromatic carbocycles. The van der Waals surface area contributed by atoms with Gasteiger partial charge in [0, 0.05) is 28.4 Å². The molecule has 0 saturated carbocycles. The highest BCUT2D eigenvalue weighted by Gasteiger charge is 2.15. The van der Waals surface area contributed by atoms with E-state index in [1.807, 2.05) is 49.1 Å². The van der Waals surface area contributed by atoms with Gasteiger partial charge in [0.05, 0.1) is 12.1 Å². The van der Waals surface area contributed by atoms with Gasteiger partial charge in [-0.3, -0.25) is 9.48 Å². The molecule has 5 heteroatoms. The third-order valence-electron chi connectivity index (χ3n) is 3.78. The van der Waals surface area contributed by atoms with Crippen LogP contribution in [0.1, 0.15) is 30.8 Å². The predicted molar refractivity (Wildman–Crippen MR) is 97.1 cm³/mol. The number of hydrogen-bond acceptors (Lipinski definition) is 3. The van der Waals surface area contributed by atoms with Gasteiger partial charge in [0.15, 0.2) is 0 Å². The Labute approximate surface area is 142 Å². The summed E-state index contributed by atoms with van der Waals surface area (Å²) in [5, 5.41) is 7.53. The molecule has 1 heterocycles. The summed E-state index contributed by atoms with van der Waals surface area (Å²) in [6.45, 7) is 9.23. The fourth-order valence-electron chi connectivity index (χ4n) is 2.55. The molecule has 0 unspecified atom stereocenters.